The summed E-state index contributed by atoms with van der Waals surface area (Å²) >= 11 is 1.35. The number of carbonyl (C=O) groups is 1. The first-order chi connectivity index (χ1) is 8.20. The van der Waals surface area contributed by atoms with Crippen LogP contribution in [0.25, 0.3) is 0 Å². The molecule has 0 aliphatic rings. The lowest BCUT2D eigenvalue weighted by Crippen LogP contribution is -2.17. The zero-order valence-corrected chi connectivity index (χ0v) is 10.5. The molecule has 0 aliphatic carbocycles. The van der Waals surface area contributed by atoms with Crippen LogP contribution in [0.5, 0.6) is 0 Å². The zero-order chi connectivity index (χ0) is 12.3. The quantitative estimate of drug-likeness (QED) is 0.876. The minimum absolute atomic E-state index is 0.0962. The molecule has 0 unspecified atom stereocenters. The van der Waals surface area contributed by atoms with Crippen LogP contribution in [0, 0.1) is 6.92 Å². The van der Waals surface area contributed by atoms with Gasteiger partial charge in [-0.25, -0.2) is 4.98 Å². The number of amides is 1. The fourth-order valence-corrected chi connectivity index (χ4v) is 2.35. The molecule has 0 saturated carbocycles. The molecule has 0 saturated heterocycles. The first-order valence-corrected chi connectivity index (χ1v) is 6.04. The van der Waals surface area contributed by atoms with Crippen molar-refractivity contribution in [2.24, 2.45) is 0 Å². The number of thiazole rings is 1. The normalized spacial score (nSPS) is 10.0. The second-order valence-electron chi connectivity index (χ2n) is 3.50. The van der Waals surface area contributed by atoms with Gasteiger partial charge in [-0.1, -0.05) is 29.5 Å². The average molecular weight is 247 g/mol. The summed E-state index contributed by atoms with van der Waals surface area (Å²) in [5, 5.41) is 6.50. The van der Waals surface area contributed by atoms with E-state index in [0.29, 0.717) is 4.88 Å². The fraction of sp³-hybridized carbons (Fsp3) is 0.167. The SMILES string of the molecule is CNC(=O)c1sc(Nc2ccccc2)nc1C. The van der Waals surface area contributed by atoms with E-state index in [-0.39, 0.29) is 5.91 Å². The van der Waals surface area contributed by atoms with Gasteiger partial charge in [-0.15, -0.1) is 0 Å². The average Bonchev–Trinajstić information content (AvgIpc) is 2.70. The first kappa shape index (κ1) is 11.6. The molecule has 0 aliphatic heterocycles. The molecule has 2 N–H and O–H groups in total. The van der Waals surface area contributed by atoms with Crippen molar-refractivity contribution in [3.05, 3.63) is 40.9 Å². The highest BCUT2D eigenvalue weighted by molar-refractivity contribution is 7.17. The molecular formula is C12H13N3OS. The third-order valence-electron chi connectivity index (χ3n) is 2.25. The van der Waals surface area contributed by atoms with E-state index >= 15 is 0 Å². The van der Waals surface area contributed by atoms with Gasteiger partial charge in [-0.3, -0.25) is 4.79 Å². The molecule has 0 radical (unpaired) electrons. The van der Waals surface area contributed by atoms with Gasteiger partial charge in [0.25, 0.3) is 5.91 Å². The van der Waals surface area contributed by atoms with Gasteiger partial charge in [-0.05, 0) is 19.1 Å². The van der Waals surface area contributed by atoms with Crippen LogP contribution in [0.1, 0.15) is 15.4 Å². The summed E-state index contributed by atoms with van der Waals surface area (Å²) in [5.41, 5.74) is 1.71. The summed E-state index contributed by atoms with van der Waals surface area (Å²) in [6, 6.07) is 9.76. The molecule has 5 heteroatoms. The van der Waals surface area contributed by atoms with Gasteiger partial charge in [-0.2, -0.15) is 0 Å². The molecule has 1 heterocycles. The van der Waals surface area contributed by atoms with Gasteiger partial charge >= 0.3 is 0 Å². The van der Waals surface area contributed by atoms with Crippen molar-refractivity contribution in [2.75, 3.05) is 12.4 Å². The number of aryl methyl sites for hydroxylation is 1. The van der Waals surface area contributed by atoms with Crippen LogP contribution < -0.4 is 10.6 Å². The lowest BCUT2D eigenvalue weighted by molar-refractivity contribution is 0.0966. The second-order valence-corrected chi connectivity index (χ2v) is 4.50. The number of anilines is 2. The van der Waals surface area contributed by atoms with Crippen molar-refractivity contribution in [1.82, 2.24) is 10.3 Å². The smallest absolute Gasteiger partial charge is 0.263 e. The van der Waals surface area contributed by atoms with E-state index in [1.807, 2.05) is 37.3 Å². The predicted molar refractivity (Wildman–Crippen MR) is 70.0 cm³/mol. The number of carbonyl (C=O) groups excluding carboxylic acids is 1. The van der Waals surface area contributed by atoms with Crippen LogP contribution in [0.2, 0.25) is 0 Å². The fourth-order valence-electron chi connectivity index (χ4n) is 1.42. The summed E-state index contributed by atoms with van der Waals surface area (Å²) in [6.45, 7) is 1.83. The van der Waals surface area contributed by atoms with E-state index in [2.05, 4.69) is 15.6 Å². The number of hydrogen-bond acceptors (Lipinski definition) is 4. The molecular weight excluding hydrogens is 234 g/mol. The molecule has 0 fully saturated rings. The van der Waals surface area contributed by atoms with Crippen LogP contribution >= 0.6 is 11.3 Å². The van der Waals surface area contributed by atoms with Crippen LogP contribution in [0.3, 0.4) is 0 Å². The van der Waals surface area contributed by atoms with Crippen molar-refractivity contribution in [2.45, 2.75) is 6.92 Å². The van der Waals surface area contributed by atoms with Gasteiger partial charge < -0.3 is 10.6 Å². The molecule has 0 spiro atoms. The Morgan fingerprint density at radius 3 is 2.65 bits per heavy atom. The summed E-state index contributed by atoms with van der Waals surface area (Å²) in [4.78, 5) is 16.5. The zero-order valence-electron chi connectivity index (χ0n) is 9.65. The van der Waals surface area contributed by atoms with E-state index in [4.69, 9.17) is 0 Å². The predicted octanol–water partition coefficient (Wildman–Crippen LogP) is 2.55. The third-order valence-corrected chi connectivity index (χ3v) is 3.33. The lowest BCUT2D eigenvalue weighted by Gasteiger charge is -2.00. The number of hydrogen-bond donors (Lipinski definition) is 2. The molecule has 4 nitrogen and oxygen atoms in total. The van der Waals surface area contributed by atoms with E-state index in [0.717, 1.165) is 16.5 Å². The topological polar surface area (TPSA) is 54.0 Å². The third kappa shape index (κ3) is 2.62. The number of nitrogens with one attached hydrogen (secondary N) is 2. The van der Waals surface area contributed by atoms with Gasteiger partial charge in [0.2, 0.25) is 0 Å². The van der Waals surface area contributed by atoms with Crippen LogP contribution in [0.4, 0.5) is 10.8 Å². The summed E-state index contributed by atoms with van der Waals surface area (Å²) in [7, 11) is 1.62. The Balaban J connectivity index is 2.21. The van der Waals surface area contributed by atoms with E-state index in [1.165, 1.54) is 11.3 Å². The van der Waals surface area contributed by atoms with E-state index < -0.39 is 0 Å². The number of benzene rings is 1. The molecule has 1 aromatic heterocycles. The first-order valence-electron chi connectivity index (χ1n) is 5.22. The van der Waals surface area contributed by atoms with Crippen molar-refractivity contribution in [3.8, 4) is 0 Å². The Bertz CT molecular complexity index is 522. The highest BCUT2D eigenvalue weighted by Gasteiger charge is 2.13. The number of aromatic nitrogens is 1. The van der Waals surface area contributed by atoms with E-state index in [1.54, 1.807) is 7.05 Å². The minimum atomic E-state index is -0.0962. The Hall–Kier alpha value is -1.88. The van der Waals surface area contributed by atoms with Crippen LogP contribution in [-0.4, -0.2) is 17.9 Å². The number of rotatable bonds is 3. The summed E-state index contributed by atoms with van der Waals surface area (Å²) in [5.74, 6) is -0.0962. The molecule has 0 atom stereocenters. The van der Waals surface area contributed by atoms with Crippen molar-refractivity contribution in [3.63, 3.8) is 0 Å². The van der Waals surface area contributed by atoms with E-state index in [9.17, 15) is 4.79 Å². The van der Waals surface area contributed by atoms with Gasteiger partial charge in [0, 0.05) is 12.7 Å². The van der Waals surface area contributed by atoms with Gasteiger partial charge in [0.15, 0.2) is 5.13 Å². The Morgan fingerprint density at radius 1 is 1.29 bits per heavy atom. The molecule has 0 bridgehead atoms. The number of para-hydroxylation sites is 1. The highest BCUT2D eigenvalue weighted by Crippen LogP contribution is 2.25. The molecule has 1 aromatic carbocycles. The monoisotopic (exact) mass is 247 g/mol. The van der Waals surface area contributed by atoms with Crippen molar-refractivity contribution in [1.29, 1.82) is 0 Å². The molecule has 2 rings (SSSR count). The maximum Gasteiger partial charge on any atom is 0.263 e. The maximum atomic E-state index is 11.5. The standard InChI is InChI=1S/C12H13N3OS/c1-8-10(11(16)13-2)17-12(14-8)15-9-6-4-3-5-7-9/h3-7H,1-2H3,(H,13,16)(H,14,15). The molecule has 17 heavy (non-hydrogen) atoms. The molecule has 2 aromatic rings. The van der Waals surface area contributed by atoms with Crippen LogP contribution in [0.15, 0.2) is 30.3 Å². The lowest BCUT2D eigenvalue weighted by atomic mass is 10.3. The van der Waals surface area contributed by atoms with Crippen LogP contribution in [-0.2, 0) is 0 Å². The number of nitrogens with zero attached hydrogens (tertiary/aromatic N) is 1. The van der Waals surface area contributed by atoms with Gasteiger partial charge in [0.1, 0.15) is 4.88 Å². The minimum Gasteiger partial charge on any atom is -0.354 e. The Morgan fingerprint density at radius 2 is 2.00 bits per heavy atom. The summed E-state index contributed by atoms with van der Waals surface area (Å²) < 4.78 is 0. The Kier molecular flexibility index (Phi) is 3.39. The van der Waals surface area contributed by atoms with Crippen molar-refractivity contribution >= 4 is 28.1 Å². The van der Waals surface area contributed by atoms with Gasteiger partial charge in [0.05, 0.1) is 5.69 Å². The second kappa shape index (κ2) is 4.97. The Labute approximate surface area is 104 Å². The summed E-state index contributed by atoms with van der Waals surface area (Å²) in [6.07, 6.45) is 0. The molecule has 88 valence electrons. The van der Waals surface area contributed by atoms with Crippen molar-refractivity contribution < 1.29 is 4.79 Å². The largest absolute Gasteiger partial charge is 0.354 e. The molecule has 1 amide bonds. The highest BCUT2D eigenvalue weighted by atomic mass is 32.1. The maximum absolute atomic E-state index is 11.5.